The zero-order valence-corrected chi connectivity index (χ0v) is 20.0. The van der Waals surface area contributed by atoms with Gasteiger partial charge in [-0.2, -0.15) is 0 Å². The molecule has 0 bridgehead atoms. The average molecular weight is 488 g/mol. The lowest BCUT2D eigenvalue weighted by atomic mass is 9.80. The molecule has 0 saturated carbocycles. The Hall–Kier alpha value is -2.65. The van der Waals surface area contributed by atoms with E-state index >= 15 is 0 Å². The molecule has 0 amide bonds. The highest BCUT2D eigenvalue weighted by Gasteiger charge is 2.20. The maximum atomic E-state index is 4.80. The average Bonchev–Trinajstić information content (AvgIpc) is 3.46. The molecule has 1 atom stereocenters. The SMILES string of the molecule is BrCCC1CCc2c(ccc3c2ccc2ccccc23)C1.C1=CCN=C1.C1=CCOC=C1. The van der Waals surface area contributed by atoms with Crippen molar-refractivity contribution >= 4 is 43.7 Å². The Morgan fingerprint density at radius 3 is 2.47 bits per heavy atom. The highest BCUT2D eigenvalue weighted by Crippen LogP contribution is 2.35. The van der Waals surface area contributed by atoms with Crippen molar-refractivity contribution in [2.24, 2.45) is 10.9 Å². The molecule has 0 saturated heterocycles. The fourth-order valence-corrected chi connectivity index (χ4v) is 5.14. The van der Waals surface area contributed by atoms with Crippen LogP contribution in [0.3, 0.4) is 0 Å². The standard InChI is InChI=1S/C20H19Br.C5H6O.C4H5N/c21-12-11-14-5-8-18-16(13-14)7-10-19-17-4-2-1-3-15(17)6-9-20(18)19;1-2-4-6-5-3-1;1-2-4-5-3-1/h1-4,6-7,9-10,14H,5,8,11-13H2;1-4H,5H2;1-3H,4H2. The maximum Gasteiger partial charge on any atom is 0.106 e. The van der Waals surface area contributed by atoms with Crippen LogP contribution >= 0.6 is 15.9 Å². The van der Waals surface area contributed by atoms with E-state index in [0.717, 1.165) is 24.4 Å². The first-order valence-corrected chi connectivity index (χ1v) is 12.6. The summed E-state index contributed by atoms with van der Waals surface area (Å²) in [6.45, 7) is 1.62. The van der Waals surface area contributed by atoms with E-state index in [4.69, 9.17) is 4.74 Å². The molecule has 2 aliphatic heterocycles. The Balaban J connectivity index is 0.000000182. The number of alkyl halides is 1. The van der Waals surface area contributed by atoms with Crippen LogP contribution < -0.4 is 0 Å². The second kappa shape index (κ2) is 11.8. The Labute approximate surface area is 199 Å². The van der Waals surface area contributed by atoms with Gasteiger partial charge in [-0.3, -0.25) is 4.99 Å². The monoisotopic (exact) mass is 487 g/mol. The summed E-state index contributed by atoms with van der Waals surface area (Å²) in [6.07, 6.45) is 18.4. The van der Waals surface area contributed by atoms with E-state index in [0.29, 0.717) is 0 Å². The minimum absolute atomic E-state index is 0.733. The zero-order chi connectivity index (χ0) is 22.0. The second-order valence-corrected chi connectivity index (χ2v) is 9.00. The van der Waals surface area contributed by atoms with Crippen molar-refractivity contribution in [2.45, 2.75) is 25.7 Å². The van der Waals surface area contributed by atoms with Gasteiger partial charge in [-0.15, -0.1) is 0 Å². The Morgan fingerprint density at radius 2 is 1.81 bits per heavy atom. The molecule has 164 valence electrons. The van der Waals surface area contributed by atoms with E-state index in [1.54, 1.807) is 23.6 Å². The number of halogens is 1. The molecule has 3 aromatic rings. The molecule has 0 fully saturated rings. The number of nitrogens with zero attached hydrogens (tertiary/aromatic N) is 1. The van der Waals surface area contributed by atoms with Crippen molar-refractivity contribution < 1.29 is 4.74 Å². The topological polar surface area (TPSA) is 21.6 Å². The molecule has 1 unspecified atom stereocenters. The highest BCUT2D eigenvalue weighted by atomic mass is 79.9. The first-order valence-electron chi connectivity index (χ1n) is 11.4. The number of allylic oxidation sites excluding steroid dienone is 3. The van der Waals surface area contributed by atoms with Gasteiger partial charge in [0.2, 0.25) is 0 Å². The highest BCUT2D eigenvalue weighted by molar-refractivity contribution is 9.09. The van der Waals surface area contributed by atoms with Crippen LogP contribution in [-0.4, -0.2) is 24.7 Å². The van der Waals surface area contributed by atoms with E-state index in [9.17, 15) is 0 Å². The number of benzene rings is 3. The van der Waals surface area contributed by atoms with Crippen LogP contribution in [0, 0.1) is 5.92 Å². The Morgan fingerprint density at radius 1 is 0.906 bits per heavy atom. The summed E-state index contributed by atoms with van der Waals surface area (Å²) < 4.78 is 4.80. The quantitative estimate of drug-likeness (QED) is 0.269. The summed E-state index contributed by atoms with van der Waals surface area (Å²) >= 11 is 3.59. The molecule has 3 aromatic carbocycles. The molecule has 0 radical (unpaired) electrons. The minimum Gasteiger partial charge on any atom is -0.497 e. The maximum absolute atomic E-state index is 4.80. The first-order chi connectivity index (χ1) is 15.9. The largest absolute Gasteiger partial charge is 0.497 e. The van der Waals surface area contributed by atoms with Crippen molar-refractivity contribution in [1.82, 2.24) is 0 Å². The lowest BCUT2D eigenvalue weighted by Gasteiger charge is -2.25. The zero-order valence-electron chi connectivity index (χ0n) is 18.4. The number of hydrogen-bond acceptors (Lipinski definition) is 2. The fourth-order valence-electron chi connectivity index (χ4n) is 4.49. The van der Waals surface area contributed by atoms with Crippen LogP contribution in [0.5, 0.6) is 0 Å². The van der Waals surface area contributed by atoms with E-state index in [-0.39, 0.29) is 0 Å². The molecular weight excluding hydrogens is 458 g/mol. The Bertz CT molecular complexity index is 1140. The molecule has 3 aliphatic rings. The summed E-state index contributed by atoms with van der Waals surface area (Å²) in [5.41, 5.74) is 3.18. The Kier molecular flexibility index (Phi) is 8.33. The van der Waals surface area contributed by atoms with Crippen LogP contribution in [0.4, 0.5) is 0 Å². The van der Waals surface area contributed by atoms with Gasteiger partial charge in [0.15, 0.2) is 0 Å². The lowest BCUT2D eigenvalue weighted by molar-refractivity contribution is 0.286. The number of aliphatic imine (C=N–C) groups is 1. The van der Waals surface area contributed by atoms with Gasteiger partial charge in [-0.25, -0.2) is 0 Å². The van der Waals surface area contributed by atoms with Crippen molar-refractivity contribution in [3.05, 3.63) is 96.3 Å². The molecule has 0 aromatic heterocycles. The van der Waals surface area contributed by atoms with Crippen LogP contribution in [0.2, 0.25) is 0 Å². The number of aryl methyl sites for hydroxylation is 1. The van der Waals surface area contributed by atoms with Gasteiger partial charge in [-0.1, -0.05) is 76.6 Å². The molecule has 6 rings (SSSR count). The molecule has 2 nitrogen and oxygen atoms in total. The summed E-state index contributed by atoms with van der Waals surface area (Å²) in [4.78, 5) is 3.85. The molecule has 0 N–H and O–H groups in total. The minimum atomic E-state index is 0.733. The second-order valence-electron chi connectivity index (χ2n) is 8.20. The predicted octanol–water partition coefficient (Wildman–Crippen LogP) is 7.60. The van der Waals surface area contributed by atoms with Gasteiger partial charge in [0, 0.05) is 11.5 Å². The summed E-state index contributed by atoms with van der Waals surface area (Å²) in [5.74, 6) is 0.856. The molecule has 2 heterocycles. The van der Waals surface area contributed by atoms with Crippen molar-refractivity contribution in [3.8, 4) is 0 Å². The first kappa shape index (κ1) is 22.5. The van der Waals surface area contributed by atoms with Gasteiger partial charge >= 0.3 is 0 Å². The van der Waals surface area contributed by atoms with Crippen molar-refractivity contribution in [2.75, 3.05) is 18.5 Å². The third-order valence-corrected chi connectivity index (χ3v) is 6.57. The summed E-state index contributed by atoms with van der Waals surface area (Å²) in [6, 6.07) is 18.1. The third kappa shape index (κ3) is 5.77. The summed E-state index contributed by atoms with van der Waals surface area (Å²) in [7, 11) is 0. The summed E-state index contributed by atoms with van der Waals surface area (Å²) in [5, 5.41) is 6.76. The molecule has 32 heavy (non-hydrogen) atoms. The van der Waals surface area contributed by atoms with Gasteiger partial charge in [0.1, 0.15) is 6.61 Å². The van der Waals surface area contributed by atoms with Crippen LogP contribution in [0.25, 0.3) is 21.5 Å². The van der Waals surface area contributed by atoms with Crippen LogP contribution in [-0.2, 0) is 17.6 Å². The number of hydrogen-bond donors (Lipinski definition) is 0. The van der Waals surface area contributed by atoms with Crippen molar-refractivity contribution in [3.63, 3.8) is 0 Å². The van der Waals surface area contributed by atoms with Gasteiger partial charge in [0.05, 0.1) is 12.8 Å². The van der Waals surface area contributed by atoms with E-state index < -0.39 is 0 Å². The normalized spacial score (nSPS) is 17.8. The smallest absolute Gasteiger partial charge is 0.106 e. The van der Waals surface area contributed by atoms with Crippen LogP contribution in [0.15, 0.2) is 90.2 Å². The molecule has 1 aliphatic carbocycles. The molecule has 0 spiro atoms. The van der Waals surface area contributed by atoms with Crippen LogP contribution in [0.1, 0.15) is 24.0 Å². The molecular formula is C29H30BrNO. The predicted molar refractivity (Wildman–Crippen MR) is 142 cm³/mol. The van der Waals surface area contributed by atoms with E-state index in [2.05, 4.69) is 69.5 Å². The third-order valence-electron chi connectivity index (χ3n) is 6.12. The van der Waals surface area contributed by atoms with E-state index in [1.807, 2.05) is 30.4 Å². The lowest BCUT2D eigenvalue weighted by Crippen LogP contribution is -2.15. The number of ether oxygens (including phenoxy) is 1. The fraction of sp³-hybridized carbons (Fsp3) is 0.276. The van der Waals surface area contributed by atoms with Gasteiger partial charge in [0.25, 0.3) is 0 Å². The number of fused-ring (bicyclic) bond motifs is 5. The number of rotatable bonds is 2. The molecule has 3 heteroatoms. The van der Waals surface area contributed by atoms with E-state index in [1.165, 1.54) is 47.2 Å². The van der Waals surface area contributed by atoms with Crippen molar-refractivity contribution in [1.29, 1.82) is 0 Å². The van der Waals surface area contributed by atoms with Gasteiger partial charge in [-0.05, 0) is 82.5 Å². The van der Waals surface area contributed by atoms with Gasteiger partial charge < -0.3 is 4.74 Å².